The molecule has 0 aromatic rings. The van der Waals surface area contributed by atoms with E-state index in [2.05, 4.69) is 32.6 Å². The van der Waals surface area contributed by atoms with E-state index in [1.54, 1.807) is 0 Å². The van der Waals surface area contributed by atoms with E-state index < -0.39 is 0 Å². The fraction of sp³-hybridized carbons (Fsp3) is 1.00. The van der Waals surface area contributed by atoms with Crippen molar-refractivity contribution in [2.24, 2.45) is 17.1 Å². The molecule has 2 fully saturated rings. The molecule has 0 aromatic carbocycles. The molecule has 2 aliphatic rings. The van der Waals surface area contributed by atoms with Crippen molar-refractivity contribution in [3.8, 4) is 0 Å². The Morgan fingerprint density at radius 2 is 2.00 bits per heavy atom. The Morgan fingerprint density at radius 3 is 2.60 bits per heavy atom. The number of morpholine rings is 1. The van der Waals surface area contributed by atoms with Crippen LogP contribution in [0.4, 0.5) is 0 Å². The second kappa shape index (κ2) is 6.33. The Balaban J connectivity index is 2.11. The van der Waals surface area contributed by atoms with Crippen molar-refractivity contribution in [2.75, 3.05) is 26.3 Å². The van der Waals surface area contributed by atoms with Gasteiger partial charge < -0.3 is 10.5 Å². The van der Waals surface area contributed by atoms with E-state index in [-0.39, 0.29) is 5.54 Å². The Kier molecular flexibility index (Phi) is 5.14. The summed E-state index contributed by atoms with van der Waals surface area (Å²) in [7, 11) is 0. The van der Waals surface area contributed by atoms with Gasteiger partial charge in [-0.1, -0.05) is 27.2 Å². The van der Waals surface area contributed by atoms with Crippen LogP contribution in [-0.2, 0) is 4.74 Å². The third-order valence-electron chi connectivity index (χ3n) is 5.73. The minimum atomic E-state index is 0.225. The predicted octanol–water partition coefficient (Wildman–Crippen LogP) is 3.03. The van der Waals surface area contributed by atoms with Crippen LogP contribution in [0.2, 0.25) is 0 Å². The lowest BCUT2D eigenvalue weighted by Gasteiger charge is -2.48. The number of nitrogens with zero attached hydrogens (tertiary/aromatic N) is 1. The molecule has 0 spiro atoms. The van der Waals surface area contributed by atoms with Crippen LogP contribution in [0.15, 0.2) is 0 Å². The van der Waals surface area contributed by atoms with Gasteiger partial charge in [0.1, 0.15) is 0 Å². The normalized spacial score (nSPS) is 37.6. The topological polar surface area (TPSA) is 38.5 Å². The summed E-state index contributed by atoms with van der Waals surface area (Å²) in [5.41, 5.74) is 6.93. The molecule has 2 N–H and O–H groups in total. The summed E-state index contributed by atoms with van der Waals surface area (Å²) in [6.07, 6.45) is 6.54. The number of rotatable bonds is 2. The van der Waals surface area contributed by atoms with Crippen molar-refractivity contribution in [3.05, 3.63) is 0 Å². The Labute approximate surface area is 125 Å². The third kappa shape index (κ3) is 3.37. The maximum absolute atomic E-state index is 6.27. The van der Waals surface area contributed by atoms with E-state index in [9.17, 15) is 0 Å². The first kappa shape index (κ1) is 16.3. The molecule has 2 rings (SSSR count). The highest BCUT2D eigenvalue weighted by molar-refractivity contribution is 4.98. The van der Waals surface area contributed by atoms with Gasteiger partial charge in [-0.3, -0.25) is 4.90 Å². The lowest BCUT2D eigenvalue weighted by Crippen LogP contribution is -2.60. The first-order chi connectivity index (χ1) is 9.39. The molecule has 0 aromatic heterocycles. The predicted molar refractivity (Wildman–Crippen MR) is 84.8 cm³/mol. The van der Waals surface area contributed by atoms with Crippen LogP contribution in [0.1, 0.15) is 59.8 Å². The molecule has 3 nitrogen and oxygen atoms in total. The molecular formula is C17H34N2O. The quantitative estimate of drug-likeness (QED) is 0.791. The summed E-state index contributed by atoms with van der Waals surface area (Å²) >= 11 is 0. The first-order valence-electron chi connectivity index (χ1n) is 8.44. The molecule has 0 bridgehead atoms. The van der Waals surface area contributed by atoms with Crippen LogP contribution in [-0.4, -0.2) is 42.8 Å². The number of nitrogens with two attached hydrogens (primary N) is 1. The molecule has 118 valence electrons. The number of hydrogen-bond donors (Lipinski definition) is 1. The Hall–Kier alpha value is -0.120. The van der Waals surface area contributed by atoms with Gasteiger partial charge in [0.15, 0.2) is 0 Å². The van der Waals surface area contributed by atoms with Crippen LogP contribution in [0.5, 0.6) is 0 Å². The summed E-state index contributed by atoms with van der Waals surface area (Å²) < 4.78 is 5.62. The zero-order valence-electron chi connectivity index (χ0n) is 14.0. The summed E-state index contributed by atoms with van der Waals surface area (Å²) in [5, 5.41) is 0. The second-order valence-corrected chi connectivity index (χ2v) is 8.04. The van der Waals surface area contributed by atoms with E-state index in [4.69, 9.17) is 10.5 Å². The van der Waals surface area contributed by atoms with E-state index in [1.165, 1.54) is 32.1 Å². The van der Waals surface area contributed by atoms with E-state index in [1.807, 2.05) is 0 Å². The minimum Gasteiger partial charge on any atom is -0.379 e. The summed E-state index contributed by atoms with van der Waals surface area (Å²) in [6, 6.07) is 0.512. The highest BCUT2D eigenvalue weighted by Crippen LogP contribution is 2.42. The van der Waals surface area contributed by atoms with Gasteiger partial charge in [0.25, 0.3) is 0 Å². The average Bonchev–Trinajstić information content (AvgIpc) is 2.62. The van der Waals surface area contributed by atoms with Crippen LogP contribution in [0.25, 0.3) is 0 Å². The summed E-state index contributed by atoms with van der Waals surface area (Å²) in [5.74, 6) is 0.840. The lowest BCUT2D eigenvalue weighted by atomic mass is 9.76. The molecule has 1 saturated heterocycles. The maximum atomic E-state index is 6.27. The smallest absolute Gasteiger partial charge is 0.0620 e. The molecule has 20 heavy (non-hydrogen) atoms. The zero-order valence-corrected chi connectivity index (χ0v) is 14.0. The van der Waals surface area contributed by atoms with Gasteiger partial charge in [-0.25, -0.2) is 0 Å². The molecular weight excluding hydrogens is 248 g/mol. The number of ether oxygens (including phenoxy) is 1. The molecule has 1 aliphatic heterocycles. The molecule has 1 aliphatic carbocycles. The van der Waals surface area contributed by atoms with Crippen molar-refractivity contribution in [1.29, 1.82) is 0 Å². The minimum absolute atomic E-state index is 0.225. The monoisotopic (exact) mass is 282 g/mol. The van der Waals surface area contributed by atoms with Gasteiger partial charge in [0.05, 0.1) is 13.2 Å². The van der Waals surface area contributed by atoms with Crippen LogP contribution in [0.3, 0.4) is 0 Å². The van der Waals surface area contributed by atoms with Crippen molar-refractivity contribution < 1.29 is 4.74 Å². The molecule has 0 radical (unpaired) electrons. The molecule has 0 amide bonds. The fourth-order valence-corrected chi connectivity index (χ4v) is 4.30. The van der Waals surface area contributed by atoms with Gasteiger partial charge in [-0.05, 0) is 43.9 Å². The molecule has 1 heterocycles. The molecule has 3 atom stereocenters. The van der Waals surface area contributed by atoms with Gasteiger partial charge in [0.2, 0.25) is 0 Å². The van der Waals surface area contributed by atoms with E-state index in [0.717, 1.165) is 32.2 Å². The highest BCUT2D eigenvalue weighted by atomic mass is 16.5. The highest BCUT2D eigenvalue weighted by Gasteiger charge is 2.42. The maximum Gasteiger partial charge on any atom is 0.0620 e. The van der Waals surface area contributed by atoms with Gasteiger partial charge in [0, 0.05) is 24.7 Å². The van der Waals surface area contributed by atoms with Crippen molar-refractivity contribution in [3.63, 3.8) is 0 Å². The van der Waals surface area contributed by atoms with Crippen LogP contribution in [0, 0.1) is 11.3 Å². The largest absolute Gasteiger partial charge is 0.379 e. The van der Waals surface area contributed by atoms with E-state index in [0.29, 0.717) is 11.5 Å². The first-order valence-corrected chi connectivity index (χ1v) is 8.44. The third-order valence-corrected chi connectivity index (χ3v) is 5.73. The van der Waals surface area contributed by atoms with Crippen molar-refractivity contribution in [1.82, 2.24) is 4.90 Å². The van der Waals surface area contributed by atoms with Gasteiger partial charge in [-0.15, -0.1) is 0 Å². The number of hydrogen-bond acceptors (Lipinski definition) is 3. The zero-order chi connectivity index (χ0) is 14.8. The standard InChI is InChI=1S/C17H34N2O/c1-14-12-20-11-10-19(14)17(13-18)8-5-6-15(7-9-17)16(2,3)4/h14-15H,5-13,18H2,1-4H3. The van der Waals surface area contributed by atoms with Gasteiger partial charge in [-0.2, -0.15) is 0 Å². The second-order valence-electron chi connectivity index (χ2n) is 8.04. The van der Waals surface area contributed by atoms with Crippen LogP contribution >= 0.6 is 0 Å². The van der Waals surface area contributed by atoms with E-state index >= 15 is 0 Å². The SMILES string of the molecule is CC1COCCN1C1(CN)CCCC(C(C)(C)C)CC1. The van der Waals surface area contributed by atoms with Crippen molar-refractivity contribution in [2.45, 2.75) is 71.4 Å². The van der Waals surface area contributed by atoms with Crippen LogP contribution < -0.4 is 5.73 Å². The Bertz CT molecular complexity index is 313. The van der Waals surface area contributed by atoms with Crippen molar-refractivity contribution >= 4 is 0 Å². The molecule has 3 heteroatoms. The fourth-order valence-electron chi connectivity index (χ4n) is 4.30. The molecule has 1 saturated carbocycles. The molecule has 3 unspecified atom stereocenters. The van der Waals surface area contributed by atoms with Gasteiger partial charge >= 0.3 is 0 Å². The Morgan fingerprint density at radius 1 is 1.25 bits per heavy atom. The lowest BCUT2D eigenvalue weighted by molar-refractivity contribution is -0.0623. The summed E-state index contributed by atoms with van der Waals surface area (Å²) in [6.45, 7) is 13.1. The average molecular weight is 282 g/mol. The summed E-state index contributed by atoms with van der Waals surface area (Å²) in [4.78, 5) is 2.67.